The van der Waals surface area contributed by atoms with Crippen LogP contribution in [-0.4, -0.2) is 22.9 Å². The Morgan fingerprint density at radius 3 is 2.82 bits per heavy atom. The fourth-order valence-electron chi connectivity index (χ4n) is 1.88. The molecule has 2 N–H and O–H groups in total. The molecule has 8 heteroatoms. The molecule has 0 saturated heterocycles. The van der Waals surface area contributed by atoms with E-state index in [1.54, 1.807) is 17.4 Å². The second-order valence-electron chi connectivity index (χ2n) is 4.50. The molecule has 1 aromatic heterocycles. The number of hydrogen-bond donors (Lipinski definition) is 2. The number of thiazole rings is 1. The first-order valence-electron chi connectivity index (χ1n) is 6.73. The number of carbonyl (C=O) groups excluding carboxylic acids is 1. The number of carbonyl (C=O) groups is 1. The van der Waals surface area contributed by atoms with Crippen LogP contribution in [0.1, 0.15) is 27.2 Å². The predicted molar refractivity (Wildman–Crippen MR) is 85.3 cm³/mol. The monoisotopic (exact) mass is 320 g/mol. The molecule has 0 bridgehead atoms. The van der Waals surface area contributed by atoms with E-state index in [0.29, 0.717) is 12.2 Å². The molecule has 2 rings (SSSR count). The van der Waals surface area contributed by atoms with Gasteiger partial charge in [-0.15, -0.1) is 11.3 Å². The van der Waals surface area contributed by atoms with Crippen molar-refractivity contribution < 1.29 is 9.72 Å². The average Bonchev–Trinajstić information content (AvgIpc) is 3.00. The highest BCUT2D eigenvalue weighted by Crippen LogP contribution is 2.26. The minimum absolute atomic E-state index is 0.131. The molecule has 0 radical (unpaired) electrons. The van der Waals surface area contributed by atoms with Gasteiger partial charge in [-0.25, -0.2) is 4.98 Å². The Bertz CT molecular complexity index is 699. The van der Waals surface area contributed by atoms with E-state index >= 15 is 0 Å². The van der Waals surface area contributed by atoms with Gasteiger partial charge in [0.25, 0.3) is 11.6 Å². The zero-order valence-corrected chi connectivity index (χ0v) is 13.1. The molecule has 0 fully saturated rings. The van der Waals surface area contributed by atoms with Gasteiger partial charge in [-0.2, -0.15) is 0 Å². The maximum atomic E-state index is 11.6. The van der Waals surface area contributed by atoms with Gasteiger partial charge in [-0.05, 0) is 18.6 Å². The number of aromatic nitrogens is 1. The van der Waals surface area contributed by atoms with Crippen molar-refractivity contribution in [3.8, 4) is 0 Å². The number of hydrogen-bond acceptors (Lipinski definition) is 6. The lowest BCUT2D eigenvalue weighted by Crippen LogP contribution is -2.18. The van der Waals surface area contributed by atoms with Crippen LogP contribution in [0.4, 0.5) is 11.4 Å². The Labute approximate surface area is 131 Å². The van der Waals surface area contributed by atoms with Crippen LogP contribution >= 0.6 is 11.3 Å². The highest BCUT2D eigenvalue weighted by molar-refractivity contribution is 7.11. The summed E-state index contributed by atoms with van der Waals surface area (Å²) in [4.78, 5) is 27.6. The van der Waals surface area contributed by atoms with Crippen LogP contribution in [0.5, 0.6) is 0 Å². The Hall–Kier alpha value is -2.48. The van der Waals surface area contributed by atoms with Crippen molar-refractivity contribution in [1.82, 2.24) is 10.3 Å². The Morgan fingerprint density at radius 2 is 2.23 bits per heavy atom. The van der Waals surface area contributed by atoms with Crippen molar-refractivity contribution in [1.29, 1.82) is 0 Å². The van der Waals surface area contributed by atoms with E-state index in [1.165, 1.54) is 24.1 Å². The molecule has 2 aromatic rings. The van der Waals surface area contributed by atoms with Gasteiger partial charge < -0.3 is 10.6 Å². The molecule has 1 amide bonds. The Kier molecular flexibility index (Phi) is 5.05. The summed E-state index contributed by atoms with van der Waals surface area (Å²) in [6.07, 6.45) is 2.73. The second kappa shape index (κ2) is 6.99. The molecule has 7 nitrogen and oxygen atoms in total. The Balaban J connectivity index is 2.19. The van der Waals surface area contributed by atoms with Gasteiger partial charge in [-0.3, -0.25) is 14.9 Å². The van der Waals surface area contributed by atoms with Gasteiger partial charge >= 0.3 is 0 Å². The second-order valence-corrected chi connectivity index (χ2v) is 5.70. The summed E-state index contributed by atoms with van der Waals surface area (Å²) in [5.41, 5.74) is 0.488. The summed E-state index contributed by atoms with van der Waals surface area (Å²) in [6.45, 7) is 2.46. The lowest BCUT2D eigenvalue weighted by molar-refractivity contribution is -0.384. The molecule has 22 heavy (non-hydrogen) atoms. The van der Waals surface area contributed by atoms with Crippen LogP contribution in [-0.2, 0) is 13.0 Å². The van der Waals surface area contributed by atoms with Crippen LogP contribution in [0.25, 0.3) is 0 Å². The zero-order chi connectivity index (χ0) is 16.1. The van der Waals surface area contributed by atoms with E-state index in [4.69, 9.17) is 0 Å². The number of nitro groups is 1. The van der Waals surface area contributed by atoms with E-state index in [0.717, 1.165) is 11.4 Å². The summed E-state index contributed by atoms with van der Waals surface area (Å²) < 4.78 is 0. The smallest absolute Gasteiger partial charge is 0.293 e. The molecule has 0 aliphatic carbocycles. The van der Waals surface area contributed by atoms with Crippen molar-refractivity contribution >= 4 is 28.6 Å². The van der Waals surface area contributed by atoms with Gasteiger partial charge in [0.2, 0.25) is 0 Å². The molecular formula is C14H16N4O3S. The number of amides is 1. The van der Waals surface area contributed by atoms with E-state index in [2.05, 4.69) is 15.6 Å². The van der Waals surface area contributed by atoms with Gasteiger partial charge in [0.1, 0.15) is 10.7 Å². The van der Waals surface area contributed by atoms with Crippen molar-refractivity contribution in [2.24, 2.45) is 0 Å². The normalized spacial score (nSPS) is 10.3. The number of anilines is 1. The van der Waals surface area contributed by atoms with E-state index < -0.39 is 4.92 Å². The first-order valence-corrected chi connectivity index (χ1v) is 7.54. The zero-order valence-electron chi connectivity index (χ0n) is 12.3. The molecule has 1 aromatic carbocycles. The van der Waals surface area contributed by atoms with Gasteiger partial charge in [0, 0.05) is 29.8 Å². The first-order chi connectivity index (χ1) is 10.5. The van der Waals surface area contributed by atoms with Gasteiger partial charge in [0.05, 0.1) is 11.5 Å². The molecule has 0 aliphatic heterocycles. The largest absolute Gasteiger partial charge is 0.373 e. The molecule has 116 valence electrons. The third-order valence-corrected chi connectivity index (χ3v) is 4.21. The number of nitro benzene ring substituents is 1. The molecule has 0 aliphatic rings. The van der Waals surface area contributed by atoms with Crippen LogP contribution in [0.3, 0.4) is 0 Å². The van der Waals surface area contributed by atoms with E-state index in [1.807, 2.05) is 13.1 Å². The molecule has 0 unspecified atom stereocenters. The van der Waals surface area contributed by atoms with Crippen molar-refractivity contribution in [2.45, 2.75) is 19.9 Å². The van der Waals surface area contributed by atoms with Crippen molar-refractivity contribution in [3.63, 3.8) is 0 Å². The summed E-state index contributed by atoms with van der Waals surface area (Å²) >= 11 is 1.57. The summed E-state index contributed by atoms with van der Waals surface area (Å²) in [5, 5.41) is 17.5. The van der Waals surface area contributed by atoms with Crippen LogP contribution in [0.15, 0.2) is 24.4 Å². The number of nitrogens with one attached hydrogen (secondary N) is 2. The maximum absolute atomic E-state index is 11.6. The highest BCUT2D eigenvalue weighted by Gasteiger charge is 2.17. The topological polar surface area (TPSA) is 97.2 Å². The third-order valence-electron chi connectivity index (χ3n) is 3.06. The first kappa shape index (κ1) is 15.9. The maximum Gasteiger partial charge on any atom is 0.293 e. The number of nitrogens with zero attached hydrogens (tertiary/aromatic N) is 2. The average molecular weight is 320 g/mol. The van der Waals surface area contributed by atoms with Gasteiger partial charge in [-0.1, -0.05) is 6.92 Å². The van der Waals surface area contributed by atoms with Crippen LogP contribution < -0.4 is 10.6 Å². The van der Waals surface area contributed by atoms with Crippen LogP contribution in [0.2, 0.25) is 0 Å². The number of benzene rings is 1. The Morgan fingerprint density at radius 1 is 1.45 bits per heavy atom. The third kappa shape index (κ3) is 3.59. The molecule has 0 atom stereocenters. The lowest BCUT2D eigenvalue weighted by atomic mass is 10.1. The highest BCUT2D eigenvalue weighted by atomic mass is 32.1. The summed E-state index contributed by atoms with van der Waals surface area (Å²) in [7, 11) is 1.48. The van der Waals surface area contributed by atoms with Crippen LogP contribution in [0, 0.1) is 10.1 Å². The quantitative estimate of drug-likeness (QED) is 0.630. The minimum Gasteiger partial charge on any atom is -0.373 e. The number of rotatable bonds is 6. The number of aryl methyl sites for hydroxylation is 1. The van der Waals surface area contributed by atoms with Gasteiger partial charge in [0.15, 0.2) is 0 Å². The van der Waals surface area contributed by atoms with E-state index in [-0.39, 0.29) is 17.2 Å². The SMILES string of the molecule is CCc1cnc(CNc2ccc(C(=O)NC)cc2[N+](=O)[O-])s1. The molecule has 0 spiro atoms. The summed E-state index contributed by atoms with van der Waals surface area (Å²) in [5.74, 6) is -0.359. The minimum atomic E-state index is -0.506. The standard InChI is InChI=1S/C14H16N4O3S/c1-3-10-7-17-13(22-10)8-16-11-5-4-9(14(19)15-2)6-12(11)18(20)21/h4-7,16H,3,8H2,1-2H3,(H,15,19). The molecule has 0 saturated carbocycles. The fourth-order valence-corrected chi connectivity index (χ4v) is 2.68. The van der Waals surface area contributed by atoms with Crippen molar-refractivity contribution in [2.75, 3.05) is 12.4 Å². The molecule has 1 heterocycles. The lowest BCUT2D eigenvalue weighted by Gasteiger charge is -2.07. The molecular weight excluding hydrogens is 304 g/mol. The fraction of sp³-hybridized carbons (Fsp3) is 0.286. The summed E-state index contributed by atoms with van der Waals surface area (Å²) in [6, 6.07) is 4.35. The van der Waals surface area contributed by atoms with E-state index in [9.17, 15) is 14.9 Å². The predicted octanol–water partition coefficient (Wildman–Crippen LogP) is 2.59. The van der Waals surface area contributed by atoms with Crippen molar-refractivity contribution in [3.05, 3.63) is 50.0 Å².